The molecule has 1 atom stereocenters. The standard InChI is InChI=1S/C18H28F2N4O/c1-21-18(22-11-16(23(2)3)14-7-8-14)24(4)12-13-5-9-15(10-6-13)25-17(19)20/h5-6,9-10,14,16-17H,7-8,11-12H2,1-4H3,(H,21,22). The summed E-state index contributed by atoms with van der Waals surface area (Å²) in [5.41, 5.74) is 0.999. The Hall–Kier alpha value is -1.89. The molecule has 0 saturated heterocycles. The van der Waals surface area contributed by atoms with E-state index < -0.39 is 6.61 Å². The highest BCUT2D eigenvalue weighted by molar-refractivity contribution is 5.79. The van der Waals surface area contributed by atoms with E-state index in [9.17, 15) is 8.78 Å². The summed E-state index contributed by atoms with van der Waals surface area (Å²) < 4.78 is 28.8. The van der Waals surface area contributed by atoms with Gasteiger partial charge in [0.05, 0.1) is 0 Å². The van der Waals surface area contributed by atoms with Crippen molar-refractivity contribution in [3.63, 3.8) is 0 Å². The number of guanidine groups is 1. The second kappa shape index (κ2) is 8.99. The molecule has 1 aromatic rings. The number of halogens is 2. The second-order valence-corrected chi connectivity index (χ2v) is 6.68. The molecule has 0 aliphatic heterocycles. The minimum atomic E-state index is -2.80. The fourth-order valence-electron chi connectivity index (χ4n) is 2.96. The highest BCUT2D eigenvalue weighted by Gasteiger charge is 2.32. The molecule has 140 valence electrons. The molecule has 1 unspecified atom stereocenters. The highest BCUT2D eigenvalue weighted by atomic mass is 19.3. The van der Waals surface area contributed by atoms with Crippen LogP contribution in [0.25, 0.3) is 0 Å². The highest BCUT2D eigenvalue weighted by Crippen LogP contribution is 2.34. The zero-order valence-corrected chi connectivity index (χ0v) is 15.4. The van der Waals surface area contributed by atoms with E-state index >= 15 is 0 Å². The van der Waals surface area contributed by atoms with Gasteiger partial charge in [-0.3, -0.25) is 4.99 Å². The van der Waals surface area contributed by atoms with Crippen LogP contribution in [-0.4, -0.2) is 63.1 Å². The number of nitrogens with zero attached hydrogens (tertiary/aromatic N) is 3. The van der Waals surface area contributed by atoms with Gasteiger partial charge < -0.3 is 19.9 Å². The number of hydrogen-bond acceptors (Lipinski definition) is 3. The summed E-state index contributed by atoms with van der Waals surface area (Å²) >= 11 is 0. The third-order valence-electron chi connectivity index (χ3n) is 4.44. The van der Waals surface area contributed by atoms with Gasteiger partial charge in [0.15, 0.2) is 5.96 Å². The van der Waals surface area contributed by atoms with Crippen LogP contribution in [0.2, 0.25) is 0 Å². The molecule has 25 heavy (non-hydrogen) atoms. The van der Waals surface area contributed by atoms with E-state index in [1.807, 2.05) is 11.9 Å². The lowest BCUT2D eigenvalue weighted by Gasteiger charge is -2.28. The van der Waals surface area contributed by atoms with E-state index in [0.717, 1.165) is 24.0 Å². The molecule has 1 fully saturated rings. The van der Waals surface area contributed by atoms with Crippen molar-refractivity contribution < 1.29 is 13.5 Å². The van der Waals surface area contributed by atoms with Crippen LogP contribution in [0.3, 0.4) is 0 Å². The number of hydrogen-bond donors (Lipinski definition) is 1. The third kappa shape index (κ3) is 6.16. The van der Waals surface area contributed by atoms with Crippen molar-refractivity contribution in [2.45, 2.75) is 32.0 Å². The van der Waals surface area contributed by atoms with Gasteiger partial charge in [-0.25, -0.2) is 0 Å². The molecule has 0 spiro atoms. The molecule has 0 amide bonds. The molecule has 7 heteroatoms. The van der Waals surface area contributed by atoms with E-state index in [1.54, 1.807) is 31.3 Å². The molecule has 1 N–H and O–H groups in total. The number of benzene rings is 1. The van der Waals surface area contributed by atoms with Crippen molar-refractivity contribution in [3.8, 4) is 5.75 Å². The molecule has 5 nitrogen and oxygen atoms in total. The summed E-state index contributed by atoms with van der Waals surface area (Å²) in [4.78, 5) is 8.62. The maximum Gasteiger partial charge on any atom is 0.387 e. The van der Waals surface area contributed by atoms with Gasteiger partial charge in [-0.05, 0) is 50.6 Å². The van der Waals surface area contributed by atoms with Gasteiger partial charge in [0.25, 0.3) is 0 Å². The van der Waals surface area contributed by atoms with Crippen molar-refractivity contribution in [1.82, 2.24) is 15.1 Å². The number of nitrogens with one attached hydrogen (secondary N) is 1. The lowest BCUT2D eigenvalue weighted by Crippen LogP contribution is -2.46. The Labute approximate surface area is 148 Å². The topological polar surface area (TPSA) is 40.1 Å². The normalized spacial score (nSPS) is 16.2. The Morgan fingerprint density at radius 3 is 2.36 bits per heavy atom. The van der Waals surface area contributed by atoms with E-state index in [2.05, 4.69) is 34.0 Å². The summed E-state index contributed by atoms with van der Waals surface area (Å²) in [7, 11) is 7.95. The molecule has 0 bridgehead atoms. The predicted octanol–water partition coefficient (Wildman–Crippen LogP) is 2.64. The first-order valence-corrected chi connectivity index (χ1v) is 8.52. The van der Waals surface area contributed by atoms with Gasteiger partial charge in [0.2, 0.25) is 0 Å². The van der Waals surface area contributed by atoms with Crippen molar-refractivity contribution in [1.29, 1.82) is 0 Å². The lowest BCUT2D eigenvalue weighted by atomic mass is 10.1. The van der Waals surface area contributed by atoms with E-state index in [1.165, 1.54) is 12.8 Å². The van der Waals surface area contributed by atoms with Gasteiger partial charge >= 0.3 is 6.61 Å². The van der Waals surface area contributed by atoms with E-state index in [4.69, 9.17) is 0 Å². The molecular formula is C18H28F2N4O. The summed E-state index contributed by atoms with van der Waals surface area (Å²) in [6.07, 6.45) is 2.60. The van der Waals surface area contributed by atoms with Crippen LogP contribution in [-0.2, 0) is 6.54 Å². The van der Waals surface area contributed by atoms with Crippen LogP contribution < -0.4 is 10.1 Å². The molecule has 0 heterocycles. The fourth-order valence-corrected chi connectivity index (χ4v) is 2.96. The van der Waals surface area contributed by atoms with Gasteiger partial charge in [0, 0.05) is 33.2 Å². The van der Waals surface area contributed by atoms with Gasteiger partial charge in [0.1, 0.15) is 5.75 Å². The van der Waals surface area contributed by atoms with Crippen LogP contribution in [0.4, 0.5) is 8.78 Å². The molecule has 0 aromatic heterocycles. The van der Waals surface area contributed by atoms with Gasteiger partial charge in [-0.15, -0.1) is 0 Å². The number of alkyl halides is 2. The first kappa shape index (κ1) is 19.4. The summed E-state index contributed by atoms with van der Waals surface area (Å²) in [5, 5.41) is 3.44. The van der Waals surface area contributed by atoms with Crippen molar-refractivity contribution in [3.05, 3.63) is 29.8 Å². The number of aliphatic imine (C=N–C) groups is 1. The van der Waals surface area contributed by atoms with E-state index in [0.29, 0.717) is 12.6 Å². The van der Waals surface area contributed by atoms with Crippen molar-refractivity contribution in [2.75, 3.05) is 34.7 Å². The molecule has 0 radical (unpaired) electrons. The number of ether oxygens (including phenoxy) is 1. The monoisotopic (exact) mass is 354 g/mol. The summed E-state index contributed by atoms with van der Waals surface area (Å²) in [5.74, 6) is 1.76. The Morgan fingerprint density at radius 2 is 1.88 bits per heavy atom. The SMILES string of the molecule is CN=C(NCC(C1CC1)N(C)C)N(C)Cc1ccc(OC(F)F)cc1. The van der Waals surface area contributed by atoms with Gasteiger partial charge in [-0.1, -0.05) is 12.1 Å². The minimum absolute atomic E-state index is 0.169. The van der Waals surface area contributed by atoms with Crippen molar-refractivity contribution >= 4 is 5.96 Å². The Morgan fingerprint density at radius 1 is 1.24 bits per heavy atom. The summed E-state index contributed by atoms with van der Waals surface area (Å²) in [6, 6.07) is 7.19. The zero-order chi connectivity index (χ0) is 18.4. The van der Waals surface area contributed by atoms with Crippen molar-refractivity contribution in [2.24, 2.45) is 10.9 Å². The van der Waals surface area contributed by atoms with E-state index in [-0.39, 0.29) is 5.75 Å². The first-order chi connectivity index (χ1) is 11.9. The number of likely N-dealkylation sites (N-methyl/N-ethyl adjacent to an activating group) is 1. The van der Waals surface area contributed by atoms with Gasteiger partial charge in [-0.2, -0.15) is 8.78 Å². The Bertz CT molecular complexity index is 557. The minimum Gasteiger partial charge on any atom is -0.435 e. The predicted molar refractivity (Wildman–Crippen MR) is 96.1 cm³/mol. The smallest absolute Gasteiger partial charge is 0.387 e. The molecule has 1 aliphatic carbocycles. The largest absolute Gasteiger partial charge is 0.435 e. The Kier molecular flexibility index (Phi) is 6.99. The van der Waals surface area contributed by atoms with Crippen LogP contribution in [0.5, 0.6) is 5.75 Å². The quantitative estimate of drug-likeness (QED) is 0.576. The maximum absolute atomic E-state index is 12.2. The number of rotatable bonds is 8. The van der Waals surface area contributed by atoms with Crippen LogP contribution in [0.1, 0.15) is 18.4 Å². The molecular weight excluding hydrogens is 326 g/mol. The molecule has 1 aliphatic rings. The van der Waals surface area contributed by atoms with Crippen LogP contribution in [0.15, 0.2) is 29.3 Å². The zero-order valence-electron chi connectivity index (χ0n) is 15.4. The average Bonchev–Trinajstić information content (AvgIpc) is 3.37. The Balaban J connectivity index is 1.87. The fraction of sp³-hybridized carbons (Fsp3) is 0.611. The first-order valence-electron chi connectivity index (χ1n) is 8.52. The van der Waals surface area contributed by atoms with Crippen LogP contribution >= 0.6 is 0 Å². The maximum atomic E-state index is 12.2. The molecule has 2 rings (SSSR count). The third-order valence-corrected chi connectivity index (χ3v) is 4.44. The van der Waals surface area contributed by atoms with Crippen LogP contribution in [0, 0.1) is 5.92 Å². The average molecular weight is 354 g/mol. The second-order valence-electron chi connectivity index (χ2n) is 6.68. The molecule has 1 saturated carbocycles. The lowest BCUT2D eigenvalue weighted by molar-refractivity contribution is -0.0498. The summed E-state index contributed by atoms with van der Waals surface area (Å²) in [6.45, 7) is -1.31. The molecule has 1 aromatic carbocycles.